The molecule has 4 nitrogen and oxygen atoms in total. The quantitative estimate of drug-likeness (QED) is 0.695. The lowest BCUT2D eigenvalue weighted by atomic mass is 9.96. The number of carboxylic acids is 1. The van der Waals surface area contributed by atoms with Gasteiger partial charge in [0.05, 0.1) is 0 Å². The van der Waals surface area contributed by atoms with E-state index in [-0.39, 0.29) is 0 Å². The standard InChI is InChI=1S/C10H19NO3/c1-10(9(12)13,6-7-14-3)11(2)8-4-5-8/h8H,4-7H2,1-3H3,(H,12,13). The van der Waals surface area contributed by atoms with Gasteiger partial charge < -0.3 is 9.84 Å². The Kier molecular flexibility index (Phi) is 3.50. The van der Waals surface area contributed by atoms with E-state index < -0.39 is 11.5 Å². The molecule has 1 aliphatic rings. The lowest BCUT2D eigenvalue weighted by Crippen LogP contribution is -2.52. The first-order valence-electron chi connectivity index (χ1n) is 4.97. The predicted octanol–water partition coefficient (Wildman–Crippen LogP) is 0.960. The molecule has 0 bridgehead atoms. The van der Waals surface area contributed by atoms with Gasteiger partial charge in [0.2, 0.25) is 0 Å². The van der Waals surface area contributed by atoms with Gasteiger partial charge >= 0.3 is 5.97 Å². The molecule has 0 heterocycles. The van der Waals surface area contributed by atoms with Crippen LogP contribution in [0.15, 0.2) is 0 Å². The van der Waals surface area contributed by atoms with E-state index in [1.165, 1.54) is 0 Å². The largest absolute Gasteiger partial charge is 0.480 e. The molecule has 1 aliphatic carbocycles. The van der Waals surface area contributed by atoms with Gasteiger partial charge in [0.1, 0.15) is 5.54 Å². The number of nitrogens with zero attached hydrogens (tertiary/aromatic N) is 1. The minimum Gasteiger partial charge on any atom is -0.480 e. The number of hydrogen-bond acceptors (Lipinski definition) is 3. The van der Waals surface area contributed by atoms with Crippen molar-refractivity contribution in [2.45, 2.75) is 37.8 Å². The van der Waals surface area contributed by atoms with Crippen molar-refractivity contribution in [2.24, 2.45) is 0 Å². The van der Waals surface area contributed by atoms with Crippen LogP contribution in [0.5, 0.6) is 0 Å². The van der Waals surface area contributed by atoms with Crippen molar-refractivity contribution in [1.82, 2.24) is 4.90 Å². The summed E-state index contributed by atoms with van der Waals surface area (Å²) in [5.41, 5.74) is -0.781. The van der Waals surface area contributed by atoms with Crippen molar-refractivity contribution < 1.29 is 14.6 Å². The molecule has 0 amide bonds. The maximum Gasteiger partial charge on any atom is 0.323 e. The highest BCUT2D eigenvalue weighted by Crippen LogP contribution is 2.33. The summed E-state index contributed by atoms with van der Waals surface area (Å²) >= 11 is 0. The Balaban J connectivity index is 2.63. The average molecular weight is 201 g/mol. The molecule has 0 aromatic carbocycles. The van der Waals surface area contributed by atoms with Gasteiger partial charge in [-0.1, -0.05) is 0 Å². The average Bonchev–Trinajstić information content (AvgIpc) is 2.95. The van der Waals surface area contributed by atoms with Gasteiger partial charge in [-0.3, -0.25) is 9.69 Å². The van der Waals surface area contributed by atoms with Crippen molar-refractivity contribution in [3.63, 3.8) is 0 Å². The molecular weight excluding hydrogens is 182 g/mol. The summed E-state index contributed by atoms with van der Waals surface area (Å²) in [6.07, 6.45) is 2.77. The van der Waals surface area contributed by atoms with Crippen molar-refractivity contribution >= 4 is 5.97 Å². The summed E-state index contributed by atoms with van der Waals surface area (Å²) in [5, 5.41) is 9.21. The van der Waals surface area contributed by atoms with Gasteiger partial charge in [-0.05, 0) is 33.2 Å². The Morgan fingerprint density at radius 3 is 2.57 bits per heavy atom. The third-order valence-corrected chi connectivity index (χ3v) is 3.13. The molecule has 1 saturated carbocycles. The second kappa shape index (κ2) is 4.28. The Morgan fingerprint density at radius 2 is 2.21 bits per heavy atom. The molecule has 14 heavy (non-hydrogen) atoms. The van der Waals surface area contributed by atoms with Crippen LogP contribution >= 0.6 is 0 Å². The molecule has 1 fully saturated rings. The number of carbonyl (C=O) groups is 1. The summed E-state index contributed by atoms with van der Waals surface area (Å²) < 4.78 is 4.95. The van der Waals surface area contributed by atoms with E-state index in [0.29, 0.717) is 19.1 Å². The van der Waals surface area contributed by atoms with Gasteiger partial charge in [-0.2, -0.15) is 0 Å². The van der Waals surface area contributed by atoms with Crippen molar-refractivity contribution in [3.8, 4) is 0 Å². The number of carboxylic acid groups (broad SMARTS) is 1. The van der Waals surface area contributed by atoms with Crippen molar-refractivity contribution in [3.05, 3.63) is 0 Å². The van der Waals surface area contributed by atoms with E-state index in [9.17, 15) is 9.90 Å². The van der Waals surface area contributed by atoms with Crippen LogP contribution in [0.4, 0.5) is 0 Å². The van der Waals surface area contributed by atoms with Crippen LogP contribution in [0.1, 0.15) is 26.2 Å². The number of hydrogen-bond donors (Lipinski definition) is 1. The highest BCUT2D eigenvalue weighted by molar-refractivity contribution is 5.78. The first-order chi connectivity index (χ1) is 6.52. The number of methoxy groups -OCH3 is 1. The Bertz CT molecular complexity index is 215. The summed E-state index contributed by atoms with van der Waals surface area (Å²) in [7, 11) is 3.49. The molecule has 0 aromatic heterocycles. The molecule has 4 heteroatoms. The SMILES string of the molecule is COCCC(C)(C(=O)O)N(C)C1CC1. The number of rotatable bonds is 6. The zero-order valence-corrected chi connectivity index (χ0v) is 9.12. The van der Waals surface area contributed by atoms with E-state index in [4.69, 9.17) is 4.74 Å². The highest BCUT2D eigenvalue weighted by Gasteiger charge is 2.43. The summed E-state index contributed by atoms with van der Waals surface area (Å²) in [4.78, 5) is 13.2. The highest BCUT2D eigenvalue weighted by atomic mass is 16.5. The molecule has 0 radical (unpaired) electrons. The second-order valence-electron chi connectivity index (χ2n) is 4.16. The summed E-state index contributed by atoms with van der Waals surface area (Å²) in [5.74, 6) is -0.760. The second-order valence-corrected chi connectivity index (χ2v) is 4.16. The maximum absolute atomic E-state index is 11.2. The van der Waals surface area contributed by atoms with E-state index in [0.717, 1.165) is 12.8 Å². The van der Waals surface area contributed by atoms with E-state index >= 15 is 0 Å². The fraction of sp³-hybridized carbons (Fsp3) is 0.900. The van der Waals surface area contributed by atoms with E-state index in [1.807, 2.05) is 11.9 Å². The lowest BCUT2D eigenvalue weighted by Gasteiger charge is -2.35. The Hall–Kier alpha value is -0.610. The first kappa shape index (κ1) is 11.5. The van der Waals surface area contributed by atoms with Crippen LogP contribution in [0.2, 0.25) is 0 Å². The fourth-order valence-corrected chi connectivity index (χ4v) is 1.60. The van der Waals surface area contributed by atoms with Crippen LogP contribution in [-0.2, 0) is 9.53 Å². The van der Waals surface area contributed by atoms with Crippen LogP contribution in [0, 0.1) is 0 Å². The molecule has 0 aliphatic heterocycles. The molecule has 82 valence electrons. The monoisotopic (exact) mass is 201 g/mol. The molecule has 1 rings (SSSR count). The third kappa shape index (κ3) is 2.25. The summed E-state index contributed by atoms with van der Waals surface area (Å²) in [6.45, 7) is 2.26. The minimum atomic E-state index is -0.781. The Morgan fingerprint density at radius 1 is 1.64 bits per heavy atom. The zero-order valence-electron chi connectivity index (χ0n) is 9.12. The molecule has 0 spiro atoms. The van der Waals surface area contributed by atoms with Gasteiger partial charge in [0.15, 0.2) is 0 Å². The van der Waals surface area contributed by atoms with Gasteiger partial charge in [0.25, 0.3) is 0 Å². The molecule has 1 atom stereocenters. The number of likely N-dealkylation sites (N-methyl/N-ethyl adjacent to an activating group) is 1. The number of aliphatic carboxylic acids is 1. The first-order valence-corrected chi connectivity index (χ1v) is 4.97. The van der Waals surface area contributed by atoms with E-state index in [1.54, 1.807) is 14.0 Å². The van der Waals surface area contributed by atoms with Crippen molar-refractivity contribution in [2.75, 3.05) is 20.8 Å². The van der Waals surface area contributed by atoms with E-state index in [2.05, 4.69) is 0 Å². The van der Waals surface area contributed by atoms with Crippen LogP contribution in [-0.4, -0.2) is 48.3 Å². The van der Waals surface area contributed by atoms with Crippen LogP contribution in [0.3, 0.4) is 0 Å². The summed E-state index contributed by atoms with van der Waals surface area (Å²) in [6, 6.07) is 0.452. The molecule has 1 unspecified atom stereocenters. The normalized spacial score (nSPS) is 20.9. The fourth-order valence-electron chi connectivity index (χ4n) is 1.60. The molecule has 0 aromatic rings. The van der Waals surface area contributed by atoms with Gasteiger partial charge in [-0.25, -0.2) is 0 Å². The Labute approximate surface area is 84.8 Å². The lowest BCUT2D eigenvalue weighted by molar-refractivity contribution is -0.151. The maximum atomic E-state index is 11.2. The topological polar surface area (TPSA) is 49.8 Å². The third-order valence-electron chi connectivity index (χ3n) is 3.13. The smallest absolute Gasteiger partial charge is 0.323 e. The van der Waals surface area contributed by atoms with Crippen LogP contribution < -0.4 is 0 Å². The van der Waals surface area contributed by atoms with Crippen molar-refractivity contribution in [1.29, 1.82) is 0 Å². The minimum absolute atomic E-state index is 0.452. The molecule has 0 saturated heterocycles. The molecular formula is C10H19NO3. The predicted molar refractivity (Wildman–Crippen MR) is 53.3 cm³/mol. The molecule has 1 N–H and O–H groups in total. The van der Waals surface area contributed by atoms with Gasteiger partial charge in [0, 0.05) is 19.8 Å². The zero-order chi connectivity index (χ0) is 10.8. The van der Waals surface area contributed by atoms with Crippen LogP contribution in [0.25, 0.3) is 0 Å². The van der Waals surface area contributed by atoms with Gasteiger partial charge in [-0.15, -0.1) is 0 Å². The number of ether oxygens (including phenoxy) is 1.